The van der Waals surface area contributed by atoms with Gasteiger partial charge in [-0.3, -0.25) is 0 Å². The van der Waals surface area contributed by atoms with Gasteiger partial charge in [0.15, 0.2) is 0 Å². The van der Waals surface area contributed by atoms with Gasteiger partial charge in [0.25, 0.3) is 0 Å². The lowest BCUT2D eigenvalue weighted by Crippen LogP contribution is -2.28. The fraction of sp³-hybridized carbons (Fsp3) is 1.00. The minimum absolute atomic E-state index is 0.774. The highest BCUT2D eigenvalue weighted by molar-refractivity contribution is 6.18. The molecule has 1 nitrogen and oxygen atoms in total. The Morgan fingerprint density at radius 2 is 1.46 bits per heavy atom. The molecule has 0 aliphatic carbocycles. The average Bonchev–Trinajstić information content (AvgIpc) is 2.14. The van der Waals surface area contributed by atoms with E-state index in [4.69, 9.17) is 11.6 Å². The molecule has 0 spiro atoms. The lowest BCUT2D eigenvalue weighted by molar-refractivity contribution is 0.279. The SMILES string of the molecule is CCCCCN(CCCl)CCCC. The number of unbranched alkanes of at least 4 members (excludes halogenated alkanes) is 3. The average molecular weight is 206 g/mol. The summed E-state index contributed by atoms with van der Waals surface area (Å²) in [5.41, 5.74) is 0. The second kappa shape index (κ2) is 10.3. The van der Waals surface area contributed by atoms with E-state index in [1.165, 1.54) is 45.2 Å². The van der Waals surface area contributed by atoms with Gasteiger partial charge in [-0.1, -0.05) is 33.1 Å². The molecule has 0 aromatic rings. The van der Waals surface area contributed by atoms with Gasteiger partial charge in [-0.2, -0.15) is 0 Å². The topological polar surface area (TPSA) is 3.24 Å². The van der Waals surface area contributed by atoms with Crippen molar-refractivity contribution in [3.8, 4) is 0 Å². The third-order valence-electron chi connectivity index (χ3n) is 2.31. The Labute approximate surface area is 88.5 Å². The first-order chi connectivity index (χ1) is 6.35. The summed E-state index contributed by atoms with van der Waals surface area (Å²) in [6, 6.07) is 0. The van der Waals surface area contributed by atoms with Crippen LogP contribution in [0.5, 0.6) is 0 Å². The summed E-state index contributed by atoms with van der Waals surface area (Å²) in [4.78, 5) is 2.49. The predicted octanol–water partition coefficient (Wildman–Crippen LogP) is 3.52. The number of rotatable bonds is 9. The van der Waals surface area contributed by atoms with E-state index in [-0.39, 0.29) is 0 Å². The molecule has 2 heteroatoms. The monoisotopic (exact) mass is 205 g/mol. The Kier molecular flexibility index (Phi) is 10.5. The Bertz CT molecular complexity index is 96.1. The summed E-state index contributed by atoms with van der Waals surface area (Å²) in [6.07, 6.45) is 6.58. The van der Waals surface area contributed by atoms with Crippen LogP contribution in [0.25, 0.3) is 0 Å². The second-order valence-corrected chi connectivity index (χ2v) is 3.97. The summed E-state index contributed by atoms with van der Waals surface area (Å²) in [6.45, 7) is 8.02. The van der Waals surface area contributed by atoms with Crippen molar-refractivity contribution in [1.29, 1.82) is 0 Å². The predicted molar refractivity (Wildman–Crippen MR) is 61.6 cm³/mol. The first kappa shape index (κ1) is 13.2. The molecule has 80 valence electrons. The van der Waals surface area contributed by atoms with E-state index < -0.39 is 0 Å². The fourth-order valence-electron chi connectivity index (χ4n) is 1.42. The molecule has 0 bridgehead atoms. The molecule has 0 aliphatic heterocycles. The summed E-state index contributed by atoms with van der Waals surface area (Å²) in [5.74, 6) is 0.774. The molecule has 13 heavy (non-hydrogen) atoms. The van der Waals surface area contributed by atoms with Crippen LogP contribution in [-0.2, 0) is 0 Å². The maximum atomic E-state index is 5.75. The van der Waals surface area contributed by atoms with Gasteiger partial charge in [-0.05, 0) is 25.9 Å². The van der Waals surface area contributed by atoms with Gasteiger partial charge in [-0.25, -0.2) is 0 Å². The van der Waals surface area contributed by atoms with Gasteiger partial charge in [-0.15, -0.1) is 11.6 Å². The highest BCUT2D eigenvalue weighted by atomic mass is 35.5. The van der Waals surface area contributed by atoms with Crippen molar-refractivity contribution in [1.82, 2.24) is 4.90 Å². The van der Waals surface area contributed by atoms with Crippen LogP contribution in [0, 0.1) is 0 Å². The zero-order valence-electron chi connectivity index (χ0n) is 9.19. The van der Waals surface area contributed by atoms with Crippen molar-refractivity contribution < 1.29 is 0 Å². The second-order valence-electron chi connectivity index (χ2n) is 3.59. The van der Waals surface area contributed by atoms with Crippen LogP contribution >= 0.6 is 11.6 Å². The minimum Gasteiger partial charge on any atom is -0.302 e. The lowest BCUT2D eigenvalue weighted by atomic mass is 10.2. The van der Waals surface area contributed by atoms with E-state index in [2.05, 4.69) is 18.7 Å². The molecule has 0 atom stereocenters. The quantitative estimate of drug-likeness (QED) is 0.411. The Morgan fingerprint density at radius 3 is 2.00 bits per heavy atom. The van der Waals surface area contributed by atoms with Crippen LogP contribution < -0.4 is 0 Å². The van der Waals surface area contributed by atoms with Gasteiger partial charge >= 0.3 is 0 Å². The molecule has 0 unspecified atom stereocenters. The van der Waals surface area contributed by atoms with Crippen molar-refractivity contribution >= 4 is 11.6 Å². The van der Waals surface area contributed by atoms with Crippen LogP contribution in [0.2, 0.25) is 0 Å². The van der Waals surface area contributed by atoms with E-state index in [1.54, 1.807) is 0 Å². The van der Waals surface area contributed by atoms with Crippen LogP contribution in [0.3, 0.4) is 0 Å². The van der Waals surface area contributed by atoms with Gasteiger partial charge in [0, 0.05) is 12.4 Å². The first-order valence-corrected chi connectivity index (χ1v) is 6.16. The molecular weight excluding hydrogens is 182 g/mol. The zero-order chi connectivity index (χ0) is 9.94. The molecule has 0 aliphatic rings. The van der Waals surface area contributed by atoms with Crippen LogP contribution in [0.1, 0.15) is 46.0 Å². The van der Waals surface area contributed by atoms with E-state index in [1.807, 2.05) is 0 Å². The maximum Gasteiger partial charge on any atom is 0.0351 e. The van der Waals surface area contributed by atoms with Gasteiger partial charge in [0.1, 0.15) is 0 Å². The zero-order valence-corrected chi connectivity index (χ0v) is 9.95. The van der Waals surface area contributed by atoms with E-state index in [9.17, 15) is 0 Å². The highest BCUT2D eigenvalue weighted by Crippen LogP contribution is 2.01. The lowest BCUT2D eigenvalue weighted by Gasteiger charge is -2.20. The molecule has 0 aromatic carbocycles. The van der Waals surface area contributed by atoms with E-state index >= 15 is 0 Å². The van der Waals surface area contributed by atoms with Crippen molar-refractivity contribution in [3.05, 3.63) is 0 Å². The molecule has 0 radical (unpaired) electrons. The Morgan fingerprint density at radius 1 is 0.846 bits per heavy atom. The smallest absolute Gasteiger partial charge is 0.0351 e. The molecule has 0 saturated carbocycles. The Balaban J connectivity index is 3.41. The molecule has 0 saturated heterocycles. The van der Waals surface area contributed by atoms with E-state index in [0.717, 1.165) is 12.4 Å². The number of nitrogens with zero attached hydrogens (tertiary/aromatic N) is 1. The highest BCUT2D eigenvalue weighted by Gasteiger charge is 2.01. The van der Waals surface area contributed by atoms with E-state index in [0.29, 0.717) is 0 Å². The van der Waals surface area contributed by atoms with Crippen molar-refractivity contribution in [3.63, 3.8) is 0 Å². The van der Waals surface area contributed by atoms with Crippen LogP contribution in [0.15, 0.2) is 0 Å². The molecule has 0 amide bonds. The summed E-state index contributed by atoms with van der Waals surface area (Å²) in [5, 5.41) is 0. The van der Waals surface area contributed by atoms with Crippen molar-refractivity contribution in [2.24, 2.45) is 0 Å². The molecule has 0 N–H and O–H groups in total. The van der Waals surface area contributed by atoms with Crippen LogP contribution in [-0.4, -0.2) is 30.4 Å². The molecular formula is C11H24ClN. The third kappa shape index (κ3) is 8.58. The Hall–Kier alpha value is 0.250. The maximum absolute atomic E-state index is 5.75. The normalized spacial score (nSPS) is 11.1. The van der Waals surface area contributed by atoms with Crippen LogP contribution in [0.4, 0.5) is 0 Å². The number of hydrogen-bond donors (Lipinski definition) is 0. The van der Waals surface area contributed by atoms with Gasteiger partial charge in [0.2, 0.25) is 0 Å². The number of alkyl halides is 1. The fourth-order valence-corrected chi connectivity index (χ4v) is 1.66. The van der Waals surface area contributed by atoms with Crippen molar-refractivity contribution in [2.75, 3.05) is 25.5 Å². The molecule has 0 rings (SSSR count). The van der Waals surface area contributed by atoms with Gasteiger partial charge in [0.05, 0.1) is 0 Å². The summed E-state index contributed by atoms with van der Waals surface area (Å²) in [7, 11) is 0. The number of hydrogen-bond acceptors (Lipinski definition) is 1. The largest absolute Gasteiger partial charge is 0.302 e. The standard InChI is InChI=1S/C11H24ClN/c1-3-5-7-10-13(11-8-12)9-6-4-2/h3-11H2,1-2H3. The van der Waals surface area contributed by atoms with Crippen molar-refractivity contribution in [2.45, 2.75) is 46.0 Å². The third-order valence-corrected chi connectivity index (χ3v) is 2.48. The minimum atomic E-state index is 0.774. The van der Waals surface area contributed by atoms with Gasteiger partial charge < -0.3 is 4.90 Å². The summed E-state index contributed by atoms with van der Waals surface area (Å²) < 4.78 is 0. The molecule has 0 fully saturated rings. The summed E-state index contributed by atoms with van der Waals surface area (Å²) >= 11 is 5.75. The number of halogens is 1. The molecule has 0 heterocycles. The first-order valence-electron chi connectivity index (χ1n) is 5.63. The molecule has 0 aromatic heterocycles.